The SMILES string of the molecule is CC(C)(C)CN1CCOCC1F. The van der Waals surface area contributed by atoms with Crippen LogP contribution < -0.4 is 0 Å². The molecule has 0 aromatic carbocycles. The van der Waals surface area contributed by atoms with Crippen molar-refractivity contribution in [3.8, 4) is 0 Å². The van der Waals surface area contributed by atoms with Crippen molar-refractivity contribution in [3.63, 3.8) is 0 Å². The van der Waals surface area contributed by atoms with Crippen molar-refractivity contribution in [1.82, 2.24) is 4.90 Å². The maximum atomic E-state index is 13.2. The molecule has 1 atom stereocenters. The zero-order valence-corrected chi connectivity index (χ0v) is 8.14. The molecular formula is C9H18FNO. The second kappa shape index (κ2) is 3.71. The molecule has 0 radical (unpaired) electrons. The zero-order chi connectivity index (χ0) is 9.19. The summed E-state index contributed by atoms with van der Waals surface area (Å²) >= 11 is 0. The summed E-state index contributed by atoms with van der Waals surface area (Å²) < 4.78 is 18.2. The quantitative estimate of drug-likeness (QED) is 0.562. The summed E-state index contributed by atoms with van der Waals surface area (Å²) in [6, 6.07) is 0. The first-order chi connectivity index (χ1) is 5.49. The van der Waals surface area contributed by atoms with Crippen LogP contribution in [0.5, 0.6) is 0 Å². The minimum Gasteiger partial charge on any atom is -0.376 e. The molecule has 12 heavy (non-hydrogen) atoms. The van der Waals surface area contributed by atoms with Gasteiger partial charge in [0.1, 0.15) is 0 Å². The van der Waals surface area contributed by atoms with Gasteiger partial charge in [0.15, 0.2) is 6.30 Å². The summed E-state index contributed by atoms with van der Waals surface area (Å²) in [6.45, 7) is 8.78. The van der Waals surface area contributed by atoms with Crippen molar-refractivity contribution in [1.29, 1.82) is 0 Å². The molecule has 1 fully saturated rings. The van der Waals surface area contributed by atoms with Gasteiger partial charge in [-0.1, -0.05) is 20.8 Å². The third-order valence-corrected chi connectivity index (χ3v) is 1.85. The highest BCUT2D eigenvalue weighted by atomic mass is 19.1. The first-order valence-electron chi connectivity index (χ1n) is 4.45. The molecule has 0 aromatic heterocycles. The Labute approximate surface area is 73.7 Å². The molecule has 0 aromatic rings. The maximum Gasteiger partial charge on any atom is 0.177 e. The van der Waals surface area contributed by atoms with Gasteiger partial charge in [-0.15, -0.1) is 0 Å². The number of rotatable bonds is 1. The van der Waals surface area contributed by atoms with Crippen molar-refractivity contribution >= 4 is 0 Å². The van der Waals surface area contributed by atoms with Crippen molar-refractivity contribution in [2.24, 2.45) is 5.41 Å². The Hall–Kier alpha value is -0.150. The Balaban J connectivity index is 2.39. The fraction of sp³-hybridized carbons (Fsp3) is 1.00. The van der Waals surface area contributed by atoms with Gasteiger partial charge in [-0.05, 0) is 5.41 Å². The van der Waals surface area contributed by atoms with Gasteiger partial charge in [0.05, 0.1) is 13.2 Å². The number of hydrogen-bond acceptors (Lipinski definition) is 2. The molecular weight excluding hydrogens is 157 g/mol. The van der Waals surface area contributed by atoms with Gasteiger partial charge in [-0.3, -0.25) is 4.90 Å². The summed E-state index contributed by atoms with van der Waals surface area (Å²) in [5.74, 6) is 0. The zero-order valence-electron chi connectivity index (χ0n) is 8.14. The van der Waals surface area contributed by atoms with Crippen LogP contribution in [0.2, 0.25) is 0 Å². The van der Waals surface area contributed by atoms with Crippen LogP contribution in [-0.4, -0.2) is 37.5 Å². The van der Waals surface area contributed by atoms with E-state index >= 15 is 0 Å². The second-order valence-electron chi connectivity index (χ2n) is 4.54. The van der Waals surface area contributed by atoms with Crippen LogP contribution in [0.3, 0.4) is 0 Å². The van der Waals surface area contributed by atoms with Gasteiger partial charge in [-0.2, -0.15) is 0 Å². The Morgan fingerprint density at radius 1 is 1.50 bits per heavy atom. The second-order valence-corrected chi connectivity index (χ2v) is 4.54. The molecule has 2 nitrogen and oxygen atoms in total. The molecule has 0 saturated carbocycles. The number of halogens is 1. The lowest BCUT2D eigenvalue weighted by Gasteiger charge is -2.35. The molecule has 0 aliphatic carbocycles. The fourth-order valence-electron chi connectivity index (χ4n) is 1.40. The van der Waals surface area contributed by atoms with Crippen LogP contribution in [0, 0.1) is 5.41 Å². The minimum absolute atomic E-state index is 0.168. The first-order valence-corrected chi connectivity index (χ1v) is 4.45. The highest BCUT2D eigenvalue weighted by Gasteiger charge is 2.25. The van der Waals surface area contributed by atoms with Gasteiger partial charge in [0.25, 0.3) is 0 Å². The normalized spacial score (nSPS) is 27.5. The highest BCUT2D eigenvalue weighted by molar-refractivity contribution is 4.73. The molecule has 0 spiro atoms. The van der Waals surface area contributed by atoms with Crippen molar-refractivity contribution in [2.45, 2.75) is 27.1 Å². The summed E-state index contributed by atoms with van der Waals surface area (Å²) in [5, 5.41) is 0. The molecule has 0 N–H and O–H groups in total. The van der Waals surface area contributed by atoms with Gasteiger partial charge in [0, 0.05) is 13.1 Å². The lowest BCUT2D eigenvalue weighted by molar-refractivity contribution is -0.0736. The molecule has 1 saturated heterocycles. The van der Waals surface area contributed by atoms with E-state index in [1.807, 2.05) is 4.90 Å². The van der Waals surface area contributed by atoms with E-state index in [-0.39, 0.29) is 12.0 Å². The fourth-order valence-corrected chi connectivity index (χ4v) is 1.40. The van der Waals surface area contributed by atoms with Crippen molar-refractivity contribution in [2.75, 3.05) is 26.3 Å². The standard InChI is InChI=1S/C9H18FNO/c1-9(2,3)7-11-4-5-12-6-8(11)10/h8H,4-7H2,1-3H3. The molecule has 3 heteroatoms. The van der Waals surface area contributed by atoms with E-state index in [9.17, 15) is 4.39 Å². The first kappa shape index (κ1) is 9.93. The number of nitrogens with zero attached hydrogens (tertiary/aromatic N) is 1. The Morgan fingerprint density at radius 2 is 2.17 bits per heavy atom. The predicted molar refractivity (Wildman–Crippen MR) is 46.7 cm³/mol. The van der Waals surface area contributed by atoms with Crippen LogP contribution in [0.25, 0.3) is 0 Å². The summed E-state index contributed by atoms with van der Waals surface area (Å²) in [4.78, 5) is 1.85. The summed E-state index contributed by atoms with van der Waals surface area (Å²) in [5.41, 5.74) is 0.168. The van der Waals surface area contributed by atoms with Crippen molar-refractivity contribution in [3.05, 3.63) is 0 Å². The van der Waals surface area contributed by atoms with Crippen LogP contribution in [0.15, 0.2) is 0 Å². The number of alkyl halides is 1. The molecule has 0 amide bonds. The lowest BCUT2D eigenvalue weighted by Crippen LogP contribution is -2.46. The minimum atomic E-state index is -0.905. The number of morpholine rings is 1. The highest BCUT2D eigenvalue weighted by Crippen LogP contribution is 2.18. The molecule has 1 aliphatic rings. The van der Waals surface area contributed by atoms with E-state index in [2.05, 4.69) is 20.8 Å². The van der Waals surface area contributed by atoms with Crippen molar-refractivity contribution < 1.29 is 9.13 Å². The third-order valence-electron chi connectivity index (χ3n) is 1.85. The van der Waals surface area contributed by atoms with Gasteiger partial charge in [-0.25, -0.2) is 4.39 Å². The van der Waals surface area contributed by atoms with Crippen LogP contribution in [-0.2, 0) is 4.74 Å². The third kappa shape index (κ3) is 3.07. The molecule has 1 aliphatic heterocycles. The van der Waals surface area contributed by atoms with Crippen LogP contribution in [0.1, 0.15) is 20.8 Å². The lowest BCUT2D eigenvalue weighted by atomic mass is 9.96. The Kier molecular flexibility index (Phi) is 3.07. The van der Waals surface area contributed by atoms with E-state index in [1.165, 1.54) is 0 Å². The molecule has 1 unspecified atom stereocenters. The summed E-state index contributed by atoms with van der Waals surface area (Å²) in [7, 11) is 0. The van der Waals surface area contributed by atoms with E-state index < -0.39 is 6.30 Å². The molecule has 1 rings (SSSR count). The molecule has 72 valence electrons. The van der Waals surface area contributed by atoms with Gasteiger partial charge >= 0.3 is 0 Å². The largest absolute Gasteiger partial charge is 0.376 e. The van der Waals surface area contributed by atoms with E-state index in [0.717, 1.165) is 13.1 Å². The number of hydrogen-bond donors (Lipinski definition) is 0. The van der Waals surface area contributed by atoms with Crippen LogP contribution >= 0.6 is 0 Å². The Morgan fingerprint density at radius 3 is 2.67 bits per heavy atom. The van der Waals surface area contributed by atoms with E-state index in [0.29, 0.717) is 6.61 Å². The Bertz CT molecular complexity index is 144. The van der Waals surface area contributed by atoms with Gasteiger partial charge in [0.2, 0.25) is 0 Å². The average Bonchev–Trinajstić information content (AvgIpc) is 1.91. The average molecular weight is 175 g/mol. The predicted octanol–water partition coefficient (Wildman–Crippen LogP) is 1.66. The monoisotopic (exact) mass is 175 g/mol. The molecule has 1 heterocycles. The van der Waals surface area contributed by atoms with E-state index in [4.69, 9.17) is 4.74 Å². The topological polar surface area (TPSA) is 12.5 Å². The van der Waals surface area contributed by atoms with Gasteiger partial charge < -0.3 is 4.74 Å². The summed E-state index contributed by atoms with van der Waals surface area (Å²) in [6.07, 6.45) is -0.905. The van der Waals surface area contributed by atoms with E-state index in [1.54, 1.807) is 0 Å². The number of ether oxygens (including phenoxy) is 1. The smallest absolute Gasteiger partial charge is 0.177 e. The maximum absolute atomic E-state index is 13.2. The van der Waals surface area contributed by atoms with Crippen LogP contribution in [0.4, 0.5) is 4.39 Å². The molecule has 0 bridgehead atoms.